The highest BCUT2D eigenvalue weighted by Gasteiger charge is 2.28. The average Bonchev–Trinajstić information content (AvgIpc) is 4.13. The van der Waals surface area contributed by atoms with E-state index in [1.54, 1.807) is 18.9 Å². The van der Waals surface area contributed by atoms with Gasteiger partial charge in [-0.1, -0.05) is 59.9 Å². The molecular formula is C58H76N14O3S. The number of rotatable bonds is 10. The van der Waals surface area contributed by atoms with Crippen molar-refractivity contribution >= 4 is 46.5 Å². The largest absolute Gasteiger partial charge is 0.444 e. The van der Waals surface area contributed by atoms with Crippen molar-refractivity contribution in [2.24, 2.45) is 0 Å². The van der Waals surface area contributed by atoms with Gasteiger partial charge in [0.25, 0.3) is 0 Å². The van der Waals surface area contributed by atoms with Crippen molar-refractivity contribution in [3.63, 3.8) is 0 Å². The first-order valence-corrected chi connectivity index (χ1v) is 26.7. The third kappa shape index (κ3) is 13.2. The number of hydrogen-bond donors (Lipinski definition) is 3. The van der Waals surface area contributed by atoms with Crippen molar-refractivity contribution < 1.29 is 14.3 Å². The predicted molar refractivity (Wildman–Crippen MR) is 303 cm³/mol. The van der Waals surface area contributed by atoms with Crippen LogP contribution < -0.4 is 16.0 Å². The number of ether oxygens (including phenoxy) is 1. The lowest BCUT2D eigenvalue weighted by atomic mass is 9.79. The van der Waals surface area contributed by atoms with E-state index in [0.29, 0.717) is 12.2 Å². The summed E-state index contributed by atoms with van der Waals surface area (Å²) in [6.45, 7) is 17.6. The lowest BCUT2D eigenvalue weighted by Crippen LogP contribution is -2.36. The fourth-order valence-electron chi connectivity index (χ4n) is 10.3. The Kier molecular flexibility index (Phi) is 16.9. The fourth-order valence-corrected chi connectivity index (χ4v) is 11.2. The number of likely N-dealkylation sites (N-methyl/N-ethyl adjacent to an activating group) is 2. The van der Waals surface area contributed by atoms with E-state index in [2.05, 4.69) is 149 Å². The standard InChI is InChI=1S/C30H35N7OS.C26H33N7O2.2CH4/c1-30(2,3)29-31-16-26(39-29)25(38)13-20-7-5-6-19-12-21(8-9-23(19)20)24-15-27(33-18-32-24)34-28-14-22-17-36(4)10-11-37(22)35-28;1-26(2,3)35-25(34)29-21-7-5-6-17-12-18(8-9-20(17)21)22-14-23(28-16-27-22)30-24-13-19-15-32(4)10-11-33(19)31-24;;/h8-9,12,14-16,18,20H,5-7,10-11,13,17H2,1-4H3,(H,32,33,34,35);8-9,12-14,16,21H,5-7,10-11,15H2,1-4H3,(H,29,34)(H,27,28,30,31);2*1H4. The van der Waals surface area contributed by atoms with Crippen LogP contribution in [0.25, 0.3) is 22.5 Å². The van der Waals surface area contributed by atoms with E-state index in [4.69, 9.17) is 9.84 Å². The minimum Gasteiger partial charge on any atom is -0.444 e. The van der Waals surface area contributed by atoms with Gasteiger partial charge >= 0.3 is 6.09 Å². The molecule has 2 aromatic carbocycles. The number of ketones is 1. The van der Waals surface area contributed by atoms with Crippen molar-refractivity contribution in [2.45, 2.75) is 150 Å². The van der Waals surface area contributed by atoms with Gasteiger partial charge in [-0.3, -0.25) is 24.0 Å². The number of Topliss-reactive ketones (excluding diaryl/α,β-unsaturated/α-hetero) is 1. The molecule has 3 N–H and O–H groups in total. The van der Waals surface area contributed by atoms with Crippen LogP contribution in [0.1, 0.15) is 149 Å². The summed E-state index contributed by atoms with van der Waals surface area (Å²) in [6, 6.07) is 21.0. The topological polar surface area (TPSA) is 186 Å². The van der Waals surface area contributed by atoms with E-state index < -0.39 is 5.60 Å². The molecule has 2 unspecified atom stereocenters. The molecule has 2 aliphatic carbocycles. The van der Waals surface area contributed by atoms with Crippen LogP contribution >= 0.6 is 11.3 Å². The van der Waals surface area contributed by atoms with Gasteiger partial charge in [-0.05, 0) is 114 Å². The van der Waals surface area contributed by atoms with Crippen LogP contribution in [0.15, 0.2) is 79.5 Å². The van der Waals surface area contributed by atoms with Gasteiger partial charge < -0.3 is 20.7 Å². The van der Waals surface area contributed by atoms with E-state index in [9.17, 15) is 9.59 Å². The Hall–Kier alpha value is -6.89. The summed E-state index contributed by atoms with van der Waals surface area (Å²) in [5, 5.41) is 20.1. The van der Waals surface area contributed by atoms with Gasteiger partial charge in [-0.2, -0.15) is 10.2 Å². The summed E-state index contributed by atoms with van der Waals surface area (Å²) in [6.07, 6.45) is 11.1. The summed E-state index contributed by atoms with van der Waals surface area (Å²) in [5.41, 5.74) is 10.6. The zero-order valence-electron chi connectivity index (χ0n) is 43.9. The van der Waals surface area contributed by atoms with E-state index in [0.717, 1.165) is 133 Å². The first-order chi connectivity index (χ1) is 35.5. The highest BCUT2D eigenvalue weighted by molar-refractivity contribution is 7.13. The van der Waals surface area contributed by atoms with Crippen LogP contribution in [0.2, 0.25) is 0 Å². The Morgan fingerprint density at radius 1 is 0.658 bits per heavy atom. The van der Waals surface area contributed by atoms with Crippen LogP contribution in [0.5, 0.6) is 0 Å². The maximum Gasteiger partial charge on any atom is 0.408 e. The van der Waals surface area contributed by atoms with Gasteiger partial charge in [-0.15, -0.1) is 11.3 Å². The molecule has 5 aromatic heterocycles. The van der Waals surface area contributed by atoms with Crippen molar-refractivity contribution in [1.29, 1.82) is 0 Å². The Morgan fingerprint density at radius 2 is 1.20 bits per heavy atom. The molecule has 7 heterocycles. The molecule has 11 rings (SSSR count). The quantitative estimate of drug-likeness (QED) is 0.110. The van der Waals surface area contributed by atoms with Crippen LogP contribution in [0.4, 0.5) is 28.1 Å². The molecule has 2 atom stereocenters. The van der Waals surface area contributed by atoms with Gasteiger partial charge in [0.15, 0.2) is 17.4 Å². The van der Waals surface area contributed by atoms with E-state index in [1.807, 2.05) is 32.9 Å². The zero-order valence-corrected chi connectivity index (χ0v) is 44.7. The van der Waals surface area contributed by atoms with Crippen molar-refractivity contribution in [3.05, 3.63) is 123 Å². The third-order valence-electron chi connectivity index (χ3n) is 14.0. The normalized spacial score (nSPS) is 17.2. The number of nitrogens with one attached hydrogen (secondary N) is 3. The first-order valence-electron chi connectivity index (χ1n) is 25.9. The molecule has 2 aliphatic heterocycles. The first kappa shape index (κ1) is 55.3. The predicted octanol–water partition coefficient (Wildman–Crippen LogP) is 11.7. The minimum atomic E-state index is -0.517. The summed E-state index contributed by atoms with van der Waals surface area (Å²) >= 11 is 1.54. The molecule has 0 saturated heterocycles. The number of amides is 1. The smallest absolute Gasteiger partial charge is 0.408 e. The molecular weight excluding hydrogens is 973 g/mol. The molecule has 17 nitrogen and oxygen atoms in total. The van der Waals surface area contributed by atoms with Crippen LogP contribution in [0, 0.1) is 0 Å². The second kappa shape index (κ2) is 23.2. The number of nitrogens with zero attached hydrogens (tertiary/aromatic N) is 11. The highest BCUT2D eigenvalue weighted by Crippen LogP contribution is 2.39. The molecule has 0 bridgehead atoms. The monoisotopic (exact) mass is 1050 g/mol. The Labute approximate surface area is 452 Å². The van der Waals surface area contributed by atoms with Gasteiger partial charge in [-0.25, -0.2) is 29.7 Å². The van der Waals surface area contributed by atoms with Gasteiger partial charge in [0.05, 0.1) is 51.8 Å². The van der Waals surface area contributed by atoms with Crippen LogP contribution in [0.3, 0.4) is 0 Å². The van der Waals surface area contributed by atoms with Crippen molar-refractivity contribution in [2.75, 3.05) is 37.8 Å². The zero-order chi connectivity index (χ0) is 51.7. The lowest BCUT2D eigenvalue weighted by molar-refractivity contribution is 0.0498. The second-order valence-electron chi connectivity index (χ2n) is 22.2. The fraction of sp³-hybridized carbons (Fsp3) is 0.466. The number of carbonyl (C=O) groups excluding carboxylic acids is 2. The minimum absolute atomic E-state index is 0. The second-order valence-corrected chi connectivity index (χ2v) is 23.2. The van der Waals surface area contributed by atoms with Crippen molar-refractivity contribution in [3.8, 4) is 22.5 Å². The van der Waals surface area contributed by atoms with Crippen LogP contribution in [-0.2, 0) is 49.2 Å². The van der Waals surface area contributed by atoms with Crippen molar-refractivity contribution in [1.82, 2.24) is 59.6 Å². The molecule has 402 valence electrons. The molecule has 4 aliphatic rings. The van der Waals surface area contributed by atoms with E-state index in [1.165, 1.54) is 39.4 Å². The Balaban J connectivity index is 0.000000197. The number of benzene rings is 2. The summed E-state index contributed by atoms with van der Waals surface area (Å²) < 4.78 is 9.57. The highest BCUT2D eigenvalue weighted by atomic mass is 32.1. The number of aryl methyl sites for hydroxylation is 2. The number of carbonyl (C=O) groups is 2. The molecule has 76 heavy (non-hydrogen) atoms. The Bertz CT molecular complexity index is 3160. The SMILES string of the molecule is C.C.CN1CCn2nc(Nc3cc(-c4ccc5c(c4)CCCC5CC(=O)c4cnc(C(C)(C)C)s4)ncn3)cc2C1.CN1CCn2nc(Nc3cc(-c4ccc5c(c4)CCCC5NC(=O)OC(C)(C)C)ncn3)cc2C1. The average molecular weight is 1050 g/mol. The van der Waals surface area contributed by atoms with Gasteiger partial charge in [0.1, 0.15) is 29.9 Å². The number of hydrogen-bond acceptors (Lipinski definition) is 15. The number of fused-ring (bicyclic) bond motifs is 4. The van der Waals surface area contributed by atoms with Gasteiger partial charge in [0, 0.05) is 79.6 Å². The molecule has 18 heteroatoms. The van der Waals surface area contributed by atoms with Crippen LogP contribution in [-0.4, -0.2) is 98.9 Å². The number of aromatic nitrogens is 9. The third-order valence-corrected chi connectivity index (χ3v) is 15.5. The summed E-state index contributed by atoms with van der Waals surface area (Å²) in [5.74, 6) is 3.47. The summed E-state index contributed by atoms with van der Waals surface area (Å²) in [4.78, 5) is 53.3. The molecule has 0 fully saturated rings. The molecule has 0 radical (unpaired) electrons. The lowest BCUT2D eigenvalue weighted by Gasteiger charge is -2.28. The maximum absolute atomic E-state index is 13.2. The number of anilines is 4. The van der Waals surface area contributed by atoms with E-state index >= 15 is 0 Å². The molecule has 7 aromatic rings. The van der Waals surface area contributed by atoms with Gasteiger partial charge in [0.2, 0.25) is 0 Å². The Morgan fingerprint density at radius 3 is 1.74 bits per heavy atom. The molecule has 0 spiro atoms. The number of thiazole rings is 1. The summed E-state index contributed by atoms with van der Waals surface area (Å²) in [7, 11) is 4.25. The molecule has 1 amide bonds. The van der Waals surface area contributed by atoms with E-state index in [-0.39, 0.29) is 44.1 Å². The maximum atomic E-state index is 13.2. The number of alkyl carbamates (subject to hydrolysis) is 1. The molecule has 0 saturated carbocycles.